The summed E-state index contributed by atoms with van der Waals surface area (Å²) in [7, 11) is -4.38. The van der Waals surface area contributed by atoms with Crippen molar-refractivity contribution in [1.29, 1.82) is 0 Å². The minimum Gasteiger partial charge on any atom is -0.463 e. The molecule has 0 spiro atoms. The molecule has 6 atom stereocenters. The van der Waals surface area contributed by atoms with Crippen LogP contribution in [0.3, 0.4) is 0 Å². The fraction of sp³-hybridized carbons (Fsp3) is 0.458. The quantitative estimate of drug-likeness (QED) is 0.0653. The van der Waals surface area contributed by atoms with Gasteiger partial charge in [0.1, 0.15) is 18.0 Å². The van der Waals surface area contributed by atoms with Gasteiger partial charge in [-0.15, -0.1) is 0 Å². The Kier molecular flexibility index (Phi) is 9.23. The number of fused-ring (bicyclic) bond motifs is 1. The van der Waals surface area contributed by atoms with Gasteiger partial charge in [-0.1, -0.05) is 23.3 Å². The zero-order valence-electron chi connectivity index (χ0n) is 22.9. The maximum Gasteiger partial charge on any atom is 0.459 e. The lowest BCUT2D eigenvalue weighted by atomic mass is 10.1. The minimum atomic E-state index is -4.38. The van der Waals surface area contributed by atoms with E-state index in [1.807, 2.05) is 0 Å². The average molecular weight is 607 g/mol. The van der Waals surface area contributed by atoms with Crippen molar-refractivity contribution in [2.24, 2.45) is 5.11 Å². The molecule has 0 bridgehead atoms. The number of ether oxygens (including phenoxy) is 2. The van der Waals surface area contributed by atoms with E-state index in [-0.39, 0.29) is 35.3 Å². The van der Waals surface area contributed by atoms with Gasteiger partial charge in [0.2, 0.25) is 11.7 Å². The molecule has 3 aromatic rings. The lowest BCUT2D eigenvalue weighted by Crippen LogP contribution is -2.45. The maximum absolute atomic E-state index is 13.9. The van der Waals surface area contributed by atoms with Crippen molar-refractivity contribution in [2.75, 3.05) is 12.3 Å². The van der Waals surface area contributed by atoms with Crippen LogP contribution in [-0.2, 0) is 23.4 Å². The molecule has 1 aliphatic rings. The van der Waals surface area contributed by atoms with Crippen LogP contribution in [0.15, 0.2) is 52.5 Å². The number of hydrogen-bond donors (Lipinski definition) is 5. The number of rotatable bonds is 12. The van der Waals surface area contributed by atoms with E-state index in [2.05, 4.69) is 25.1 Å². The van der Waals surface area contributed by atoms with Gasteiger partial charge in [0.15, 0.2) is 11.9 Å². The molecule has 4 rings (SSSR count). The highest BCUT2D eigenvalue weighted by molar-refractivity contribution is 7.52. The molecule has 6 N–H and O–H groups in total. The summed E-state index contributed by atoms with van der Waals surface area (Å²) in [5.41, 5.74) is 12.1. The number of benzene rings is 1. The summed E-state index contributed by atoms with van der Waals surface area (Å²) in [4.78, 5) is 33.6. The molecule has 1 aliphatic heterocycles. The molecule has 1 saturated heterocycles. The first-order chi connectivity index (χ1) is 19.9. The Morgan fingerprint density at radius 1 is 1.33 bits per heavy atom. The van der Waals surface area contributed by atoms with Crippen LogP contribution >= 0.6 is 7.75 Å². The van der Waals surface area contributed by atoms with Crippen molar-refractivity contribution in [3.05, 3.63) is 63.4 Å². The Balaban J connectivity index is 1.62. The van der Waals surface area contributed by atoms with Crippen LogP contribution in [0.2, 0.25) is 0 Å². The molecule has 1 aromatic carbocycles. The molecule has 18 heteroatoms. The number of nitrogen functional groups attached to an aromatic ring is 1. The molecular weight excluding hydrogens is 575 g/mol. The van der Waals surface area contributed by atoms with Gasteiger partial charge in [-0.2, -0.15) is 4.98 Å². The number of aliphatic hydroxyl groups is 2. The Morgan fingerprint density at radius 3 is 2.71 bits per heavy atom. The van der Waals surface area contributed by atoms with Crippen LogP contribution in [0.1, 0.15) is 33.4 Å². The van der Waals surface area contributed by atoms with E-state index < -0.39 is 56.1 Å². The number of hydrogen-bond acceptors (Lipinski definition) is 12. The molecule has 42 heavy (non-hydrogen) atoms. The zero-order valence-corrected chi connectivity index (χ0v) is 23.7. The molecule has 226 valence electrons. The van der Waals surface area contributed by atoms with E-state index in [4.69, 9.17) is 24.3 Å². The van der Waals surface area contributed by atoms with Crippen LogP contribution in [0.4, 0.5) is 5.95 Å². The second kappa shape index (κ2) is 12.5. The van der Waals surface area contributed by atoms with Gasteiger partial charge in [0, 0.05) is 17.2 Å². The SMILES string of the molecule is CC(CC(=O)OC(C)C)NP(=O)(OC[C@@]1(N=[N+]=[N-])O[C@@H](n2ccc3c(=O)[nH]c(N)nc32)[C@H](O)[C@@H]1O)Oc1ccccc1. The van der Waals surface area contributed by atoms with Crippen molar-refractivity contribution in [3.8, 4) is 5.75 Å². The first-order valence-corrected chi connectivity index (χ1v) is 14.3. The number of carbonyl (C=O) groups is 1. The number of esters is 1. The molecule has 2 aromatic heterocycles. The number of anilines is 1. The van der Waals surface area contributed by atoms with E-state index in [0.717, 1.165) is 0 Å². The number of azide groups is 1. The van der Waals surface area contributed by atoms with Crippen molar-refractivity contribution in [3.63, 3.8) is 0 Å². The number of aromatic nitrogens is 3. The molecular formula is C24H31N8O9P. The lowest BCUT2D eigenvalue weighted by molar-refractivity contribution is -0.147. The van der Waals surface area contributed by atoms with Gasteiger partial charge in [0.25, 0.3) is 5.56 Å². The van der Waals surface area contributed by atoms with Gasteiger partial charge in [-0.3, -0.25) is 19.1 Å². The van der Waals surface area contributed by atoms with E-state index in [1.165, 1.54) is 29.0 Å². The molecule has 17 nitrogen and oxygen atoms in total. The highest BCUT2D eigenvalue weighted by atomic mass is 31.2. The summed E-state index contributed by atoms with van der Waals surface area (Å²) in [6.07, 6.45) is -4.26. The van der Waals surface area contributed by atoms with Crippen LogP contribution in [0.25, 0.3) is 21.5 Å². The number of carbonyl (C=O) groups excluding carboxylic acids is 1. The second-order valence-electron chi connectivity index (χ2n) is 9.84. The summed E-state index contributed by atoms with van der Waals surface area (Å²) >= 11 is 0. The third-order valence-electron chi connectivity index (χ3n) is 6.12. The number of nitrogens with zero attached hydrogens (tertiary/aromatic N) is 5. The summed E-state index contributed by atoms with van der Waals surface area (Å²) in [5, 5.41) is 28.2. The monoisotopic (exact) mass is 606 g/mol. The molecule has 0 saturated carbocycles. The van der Waals surface area contributed by atoms with Crippen molar-refractivity contribution < 1.29 is 38.1 Å². The average Bonchev–Trinajstić information content (AvgIpc) is 3.42. The predicted molar refractivity (Wildman–Crippen MR) is 148 cm³/mol. The molecule has 2 unspecified atom stereocenters. The van der Waals surface area contributed by atoms with Crippen molar-refractivity contribution >= 4 is 30.7 Å². The van der Waals surface area contributed by atoms with Gasteiger partial charge >= 0.3 is 13.7 Å². The number of aromatic amines is 1. The number of nitrogens with one attached hydrogen (secondary N) is 2. The van der Waals surface area contributed by atoms with Crippen LogP contribution in [0, 0.1) is 0 Å². The Morgan fingerprint density at radius 2 is 2.05 bits per heavy atom. The van der Waals surface area contributed by atoms with E-state index in [1.54, 1.807) is 39.0 Å². The molecule has 3 heterocycles. The van der Waals surface area contributed by atoms with E-state index >= 15 is 0 Å². The Hall–Kier alpha value is -3.95. The third-order valence-corrected chi connectivity index (χ3v) is 7.80. The highest BCUT2D eigenvalue weighted by Gasteiger charge is 2.56. The van der Waals surface area contributed by atoms with Gasteiger partial charge in [0.05, 0.1) is 24.5 Å². The Bertz CT molecular complexity index is 1570. The number of para-hydroxylation sites is 1. The summed E-state index contributed by atoms with van der Waals surface area (Å²) in [5.74, 6) is -0.627. The molecule has 0 amide bonds. The van der Waals surface area contributed by atoms with Crippen molar-refractivity contribution in [2.45, 2.75) is 63.5 Å². The van der Waals surface area contributed by atoms with Gasteiger partial charge < -0.3 is 34.5 Å². The number of aliphatic hydroxyl groups excluding tert-OH is 2. The summed E-state index contributed by atoms with van der Waals surface area (Å²) < 4.78 is 37.4. The van der Waals surface area contributed by atoms with Crippen molar-refractivity contribution in [1.82, 2.24) is 19.6 Å². The molecule has 1 fully saturated rings. The number of H-pyrrole nitrogens is 1. The molecule has 0 radical (unpaired) electrons. The summed E-state index contributed by atoms with van der Waals surface area (Å²) in [6.45, 7) is 4.05. The smallest absolute Gasteiger partial charge is 0.459 e. The fourth-order valence-electron chi connectivity index (χ4n) is 4.33. The van der Waals surface area contributed by atoms with Crippen LogP contribution in [-0.4, -0.2) is 67.4 Å². The number of nitrogens with two attached hydrogens (primary N) is 1. The van der Waals surface area contributed by atoms with Crippen LogP contribution < -0.4 is 20.9 Å². The lowest BCUT2D eigenvalue weighted by Gasteiger charge is -2.29. The highest BCUT2D eigenvalue weighted by Crippen LogP contribution is 2.48. The summed E-state index contributed by atoms with van der Waals surface area (Å²) in [6, 6.07) is 8.59. The largest absolute Gasteiger partial charge is 0.463 e. The fourth-order valence-corrected chi connectivity index (χ4v) is 5.89. The first kappa shape index (κ1) is 31.0. The van der Waals surface area contributed by atoms with Gasteiger partial charge in [-0.05, 0) is 44.5 Å². The topological polar surface area (TPSA) is 249 Å². The zero-order chi connectivity index (χ0) is 30.7. The maximum atomic E-state index is 13.9. The first-order valence-electron chi connectivity index (χ1n) is 12.8. The van der Waals surface area contributed by atoms with Crippen LogP contribution in [0.5, 0.6) is 5.75 Å². The minimum absolute atomic E-state index is 0.0204. The normalized spacial score (nSPS) is 24.2. The van der Waals surface area contributed by atoms with E-state index in [0.29, 0.717) is 0 Å². The Labute approximate surface area is 238 Å². The predicted octanol–water partition coefficient (Wildman–Crippen LogP) is 2.09. The standard InChI is InChI=1S/C24H31N8O9P/c1-13(2)39-17(33)11-14(3)29-42(37,41-15-7-5-4-6-8-15)38-12-24(30-31-26)19(35)18(34)22(40-24)32-10-9-16-20(32)27-23(25)28-21(16)36/h4-10,13-14,18-19,22,34-35H,11-12H2,1-3H3,(H,29,37)(H3,25,27,28,36)/t14?,18-,19+,22-,24-,42?/m1/s1. The van der Waals surface area contributed by atoms with Gasteiger partial charge in [-0.25, -0.2) is 9.65 Å². The van der Waals surface area contributed by atoms with E-state index in [9.17, 15) is 29.9 Å². The second-order valence-corrected chi connectivity index (χ2v) is 11.5. The molecule has 0 aliphatic carbocycles. The third kappa shape index (κ3) is 6.74.